The van der Waals surface area contributed by atoms with Crippen LogP contribution in [0.4, 0.5) is 10.1 Å². The van der Waals surface area contributed by atoms with E-state index in [1.807, 2.05) is 13.8 Å². The van der Waals surface area contributed by atoms with Crippen molar-refractivity contribution in [2.24, 2.45) is 5.92 Å². The number of hydrogen-bond acceptors (Lipinski definition) is 2. The number of carbonyl (C=O) groups excluding carboxylic acids is 1. The molecular weight excluding hydrogens is 287 g/mol. The van der Waals surface area contributed by atoms with Crippen molar-refractivity contribution < 1.29 is 9.18 Å². The number of nitrogens with one attached hydrogen (secondary N) is 2. The normalized spacial score (nSPS) is 12.2. The van der Waals surface area contributed by atoms with Crippen molar-refractivity contribution in [1.29, 1.82) is 0 Å². The Labute approximate surface area is 109 Å². The van der Waals surface area contributed by atoms with Crippen LogP contribution in [0.15, 0.2) is 22.7 Å². The molecule has 1 rings (SSSR count). The van der Waals surface area contributed by atoms with Gasteiger partial charge in [0.2, 0.25) is 5.91 Å². The Morgan fingerprint density at radius 3 is 2.82 bits per heavy atom. The van der Waals surface area contributed by atoms with Gasteiger partial charge >= 0.3 is 0 Å². The SMILES string of the molecule is CCNCC(C)C(=O)Nc1ccc(F)cc1Br. The first-order valence-electron chi connectivity index (χ1n) is 5.51. The maximum absolute atomic E-state index is 12.9. The van der Waals surface area contributed by atoms with E-state index in [0.29, 0.717) is 16.7 Å². The molecule has 0 saturated carbocycles. The first-order valence-corrected chi connectivity index (χ1v) is 6.30. The van der Waals surface area contributed by atoms with E-state index in [1.54, 1.807) is 0 Å². The highest BCUT2D eigenvalue weighted by molar-refractivity contribution is 9.10. The minimum atomic E-state index is -0.337. The summed E-state index contributed by atoms with van der Waals surface area (Å²) >= 11 is 3.21. The summed E-state index contributed by atoms with van der Waals surface area (Å²) in [4.78, 5) is 11.8. The van der Waals surface area contributed by atoms with Gasteiger partial charge in [-0.05, 0) is 40.7 Å². The van der Waals surface area contributed by atoms with Crippen molar-refractivity contribution in [1.82, 2.24) is 5.32 Å². The second-order valence-corrected chi connectivity index (χ2v) is 4.68. The number of amides is 1. The van der Waals surface area contributed by atoms with Crippen LogP contribution < -0.4 is 10.6 Å². The minimum absolute atomic E-state index is 0.0849. The Hall–Kier alpha value is -0.940. The van der Waals surface area contributed by atoms with E-state index >= 15 is 0 Å². The van der Waals surface area contributed by atoms with Crippen molar-refractivity contribution in [2.75, 3.05) is 18.4 Å². The fraction of sp³-hybridized carbons (Fsp3) is 0.417. The molecule has 0 heterocycles. The molecule has 0 radical (unpaired) electrons. The fourth-order valence-corrected chi connectivity index (χ4v) is 1.75. The van der Waals surface area contributed by atoms with Gasteiger partial charge in [0.25, 0.3) is 0 Å². The van der Waals surface area contributed by atoms with Crippen LogP contribution >= 0.6 is 15.9 Å². The highest BCUT2D eigenvalue weighted by Gasteiger charge is 2.13. The molecular formula is C12H16BrFN2O. The maximum atomic E-state index is 12.9. The van der Waals surface area contributed by atoms with Gasteiger partial charge in [0.05, 0.1) is 5.69 Å². The Kier molecular flexibility index (Phi) is 5.58. The second kappa shape index (κ2) is 6.71. The van der Waals surface area contributed by atoms with Gasteiger partial charge in [-0.2, -0.15) is 0 Å². The Morgan fingerprint density at radius 2 is 2.24 bits per heavy atom. The third-order valence-corrected chi connectivity index (χ3v) is 2.99. The molecule has 1 atom stereocenters. The van der Waals surface area contributed by atoms with Crippen molar-refractivity contribution >= 4 is 27.5 Å². The lowest BCUT2D eigenvalue weighted by Gasteiger charge is -2.13. The topological polar surface area (TPSA) is 41.1 Å². The van der Waals surface area contributed by atoms with Gasteiger partial charge in [-0.15, -0.1) is 0 Å². The highest BCUT2D eigenvalue weighted by atomic mass is 79.9. The molecule has 1 amide bonds. The zero-order valence-electron chi connectivity index (χ0n) is 9.89. The largest absolute Gasteiger partial charge is 0.325 e. The average molecular weight is 303 g/mol. The molecule has 0 aliphatic carbocycles. The van der Waals surface area contributed by atoms with Gasteiger partial charge in [-0.1, -0.05) is 13.8 Å². The quantitative estimate of drug-likeness (QED) is 0.878. The first kappa shape index (κ1) is 14.1. The van der Waals surface area contributed by atoms with Crippen molar-refractivity contribution in [3.63, 3.8) is 0 Å². The predicted octanol–water partition coefficient (Wildman–Crippen LogP) is 2.77. The Morgan fingerprint density at radius 1 is 1.53 bits per heavy atom. The van der Waals surface area contributed by atoms with E-state index < -0.39 is 0 Å². The van der Waals surface area contributed by atoms with E-state index in [9.17, 15) is 9.18 Å². The number of anilines is 1. The zero-order chi connectivity index (χ0) is 12.8. The minimum Gasteiger partial charge on any atom is -0.325 e. The highest BCUT2D eigenvalue weighted by Crippen LogP contribution is 2.23. The molecule has 1 unspecified atom stereocenters. The lowest BCUT2D eigenvalue weighted by atomic mass is 10.1. The van der Waals surface area contributed by atoms with Crippen molar-refractivity contribution in [3.8, 4) is 0 Å². The molecule has 5 heteroatoms. The summed E-state index contributed by atoms with van der Waals surface area (Å²) in [5, 5.41) is 5.86. The van der Waals surface area contributed by atoms with Crippen molar-refractivity contribution in [3.05, 3.63) is 28.5 Å². The number of carbonyl (C=O) groups is 1. The molecule has 1 aromatic carbocycles. The third kappa shape index (κ3) is 4.44. The summed E-state index contributed by atoms with van der Waals surface area (Å²) in [7, 11) is 0. The standard InChI is InChI=1S/C12H16BrFN2O/c1-3-15-7-8(2)12(17)16-11-5-4-9(14)6-10(11)13/h4-6,8,15H,3,7H2,1-2H3,(H,16,17). The lowest BCUT2D eigenvalue weighted by molar-refractivity contribution is -0.119. The summed E-state index contributed by atoms with van der Waals surface area (Å²) in [6.45, 7) is 5.29. The van der Waals surface area contributed by atoms with Crippen LogP contribution in [0.2, 0.25) is 0 Å². The average Bonchev–Trinajstić information content (AvgIpc) is 2.29. The molecule has 0 aliphatic rings. The van der Waals surface area contributed by atoms with Gasteiger partial charge in [0.15, 0.2) is 0 Å². The number of benzene rings is 1. The van der Waals surface area contributed by atoms with Gasteiger partial charge < -0.3 is 10.6 Å². The molecule has 3 nitrogen and oxygen atoms in total. The van der Waals surface area contributed by atoms with Gasteiger partial charge in [-0.3, -0.25) is 4.79 Å². The predicted molar refractivity (Wildman–Crippen MR) is 70.4 cm³/mol. The Balaban J connectivity index is 2.61. The van der Waals surface area contributed by atoms with E-state index in [4.69, 9.17) is 0 Å². The molecule has 0 bridgehead atoms. The van der Waals surface area contributed by atoms with Crippen LogP contribution in [0, 0.1) is 11.7 Å². The van der Waals surface area contributed by atoms with Crippen LogP contribution in [0.5, 0.6) is 0 Å². The molecule has 2 N–H and O–H groups in total. The van der Waals surface area contributed by atoms with E-state index in [1.165, 1.54) is 18.2 Å². The molecule has 0 aliphatic heterocycles. The molecule has 0 aromatic heterocycles. The molecule has 17 heavy (non-hydrogen) atoms. The van der Waals surface area contributed by atoms with E-state index in [-0.39, 0.29) is 17.6 Å². The zero-order valence-corrected chi connectivity index (χ0v) is 11.5. The van der Waals surface area contributed by atoms with Crippen LogP contribution in [-0.4, -0.2) is 19.0 Å². The summed E-state index contributed by atoms with van der Waals surface area (Å²) < 4.78 is 13.4. The summed E-state index contributed by atoms with van der Waals surface area (Å²) in [6.07, 6.45) is 0. The number of hydrogen-bond donors (Lipinski definition) is 2. The van der Waals surface area contributed by atoms with Gasteiger partial charge in [0.1, 0.15) is 5.82 Å². The van der Waals surface area contributed by atoms with E-state index in [2.05, 4.69) is 26.6 Å². The molecule has 0 spiro atoms. The monoisotopic (exact) mass is 302 g/mol. The summed E-state index contributed by atoms with van der Waals surface area (Å²) in [5.74, 6) is -0.555. The van der Waals surface area contributed by atoms with Gasteiger partial charge in [0, 0.05) is 16.9 Å². The van der Waals surface area contributed by atoms with Crippen LogP contribution in [0.25, 0.3) is 0 Å². The Bertz CT molecular complexity index is 398. The smallest absolute Gasteiger partial charge is 0.228 e. The first-order chi connectivity index (χ1) is 8.04. The van der Waals surface area contributed by atoms with Crippen LogP contribution in [0.1, 0.15) is 13.8 Å². The van der Waals surface area contributed by atoms with Gasteiger partial charge in [-0.25, -0.2) is 4.39 Å². The van der Waals surface area contributed by atoms with Crippen LogP contribution in [0.3, 0.4) is 0 Å². The summed E-state index contributed by atoms with van der Waals surface area (Å²) in [5.41, 5.74) is 0.583. The molecule has 1 aromatic rings. The number of halogens is 2. The number of rotatable bonds is 5. The molecule has 0 saturated heterocycles. The third-order valence-electron chi connectivity index (χ3n) is 2.34. The van der Waals surface area contributed by atoms with Crippen molar-refractivity contribution in [2.45, 2.75) is 13.8 Å². The van der Waals surface area contributed by atoms with Crippen LogP contribution in [-0.2, 0) is 4.79 Å². The molecule has 0 fully saturated rings. The summed E-state index contributed by atoms with van der Waals surface area (Å²) in [6, 6.07) is 4.18. The van der Waals surface area contributed by atoms with E-state index in [0.717, 1.165) is 6.54 Å². The maximum Gasteiger partial charge on any atom is 0.228 e. The fourth-order valence-electron chi connectivity index (χ4n) is 1.30. The second-order valence-electron chi connectivity index (χ2n) is 3.82. The lowest BCUT2D eigenvalue weighted by Crippen LogP contribution is -2.30. The molecule has 94 valence electrons.